The van der Waals surface area contributed by atoms with Crippen molar-refractivity contribution in [3.05, 3.63) is 24.3 Å². The topological polar surface area (TPSA) is 39.7 Å². The zero-order chi connectivity index (χ0) is 15.1. The largest absolute Gasteiger partial charge is 0.493 e. The SMILES string of the molecule is COc1ccccc1OCCC1(CNC(C)C)CCOC1. The zero-order valence-electron chi connectivity index (χ0n) is 13.4. The molecule has 1 aliphatic heterocycles. The molecule has 4 heteroatoms. The molecule has 118 valence electrons. The predicted molar refractivity (Wildman–Crippen MR) is 84.1 cm³/mol. The Labute approximate surface area is 127 Å². The Morgan fingerprint density at radius 1 is 1.29 bits per heavy atom. The minimum atomic E-state index is 0.201. The highest BCUT2D eigenvalue weighted by molar-refractivity contribution is 5.39. The number of rotatable bonds is 8. The van der Waals surface area contributed by atoms with Crippen molar-refractivity contribution in [1.82, 2.24) is 5.32 Å². The van der Waals surface area contributed by atoms with Crippen LogP contribution in [0.4, 0.5) is 0 Å². The molecule has 0 saturated carbocycles. The first-order valence-electron chi connectivity index (χ1n) is 7.72. The third kappa shape index (κ3) is 4.61. The van der Waals surface area contributed by atoms with Crippen LogP contribution in [0.15, 0.2) is 24.3 Å². The molecule has 1 heterocycles. The Hall–Kier alpha value is -1.26. The molecule has 0 amide bonds. The van der Waals surface area contributed by atoms with Gasteiger partial charge in [-0.05, 0) is 25.0 Å². The molecule has 0 aromatic heterocycles. The highest BCUT2D eigenvalue weighted by Gasteiger charge is 2.34. The lowest BCUT2D eigenvalue weighted by atomic mass is 9.84. The van der Waals surface area contributed by atoms with Crippen LogP contribution in [-0.4, -0.2) is 39.5 Å². The molecule has 4 nitrogen and oxygen atoms in total. The molecule has 1 fully saturated rings. The van der Waals surface area contributed by atoms with E-state index < -0.39 is 0 Å². The summed E-state index contributed by atoms with van der Waals surface area (Å²) >= 11 is 0. The van der Waals surface area contributed by atoms with Gasteiger partial charge in [-0.25, -0.2) is 0 Å². The lowest BCUT2D eigenvalue weighted by Gasteiger charge is -2.29. The number of para-hydroxylation sites is 2. The Bertz CT molecular complexity index is 428. The lowest BCUT2D eigenvalue weighted by molar-refractivity contribution is 0.126. The van der Waals surface area contributed by atoms with Crippen molar-refractivity contribution in [3.8, 4) is 11.5 Å². The van der Waals surface area contributed by atoms with E-state index in [2.05, 4.69) is 19.2 Å². The van der Waals surface area contributed by atoms with Gasteiger partial charge in [0.05, 0.1) is 20.3 Å². The fraction of sp³-hybridized carbons (Fsp3) is 0.647. The minimum absolute atomic E-state index is 0.201. The summed E-state index contributed by atoms with van der Waals surface area (Å²) in [5.74, 6) is 1.60. The quantitative estimate of drug-likeness (QED) is 0.800. The second-order valence-corrected chi connectivity index (χ2v) is 6.09. The van der Waals surface area contributed by atoms with E-state index in [4.69, 9.17) is 14.2 Å². The van der Waals surface area contributed by atoms with Crippen LogP contribution < -0.4 is 14.8 Å². The molecule has 2 rings (SSSR count). The maximum absolute atomic E-state index is 5.91. The van der Waals surface area contributed by atoms with Crippen LogP contribution in [0.2, 0.25) is 0 Å². The first-order chi connectivity index (χ1) is 10.2. The molecule has 1 unspecified atom stereocenters. The number of benzene rings is 1. The maximum atomic E-state index is 5.91. The first-order valence-corrected chi connectivity index (χ1v) is 7.72. The molecule has 0 aliphatic carbocycles. The van der Waals surface area contributed by atoms with Crippen molar-refractivity contribution in [1.29, 1.82) is 0 Å². The summed E-state index contributed by atoms with van der Waals surface area (Å²) in [6.07, 6.45) is 2.09. The molecule has 1 aliphatic rings. The smallest absolute Gasteiger partial charge is 0.161 e. The van der Waals surface area contributed by atoms with Crippen LogP contribution in [0.5, 0.6) is 11.5 Å². The molecule has 0 bridgehead atoms. The van der Waals surface area contributed by atoms with Crippen LogP contribution >= 0.6 is 0 Å². The van der Waals surface area contributed by atoms with Crippen molar-refractivity contribution >= 4 is 0 Å². The van der Waals surface area contributed by atoms with Crippen molar-refractivity contribution in [2.45, 2.75) is 32.7 Å². The average Bonchev–Trinajstić information content (AvgIpc) is 2.95. The van der Waals surface area contributed by atoms with Gasteiger partial charge in [0, 0.05) is 24.6 Å². The van der Waals surface area contributed by atoms with Crippen LogP contribution in [0, 0.1) is 5.41 Å². The second-order valence-electron chi connectivity index (χ2n) is 6.09. The zero-order valence-corrected chi connectivity index (χ0v) is 13.4. The molecule has 21 heavy (non-hydrogen) atoms. The minimum Gasteiger partial charge on any atom is -0.493 e. The van der Waals surface area contributed by atoms with E-state index in [0.29, 0.717) is 12.6 Å². The summed E-state index contributed by atoms with van der Waals surface area (Å²) in [4.78, 5) is 0. The number of methoxy groups -OCH3 is 1. The van der Waals surface area contributed by atoms with Gasteiger partial charge < -0.3 is 19.5 Å². The fourth-order valence-electron chi connectivity index (χ4n) is 2.61. The number of hydrogen-bond acceptors (Lipinski definition) is 4. The van der Waals surface area contributed by atoms with Gasteiger partial charge in [-0.2, -0.15) is 0 Å². The fourth-order valence-corrected chi connectivity index (χ4v) is 2.61. The molecule has 1 N–H and O–H groups in total. The summed E-state index contributed by atoms with van der Waals surface area (Å²) in [6.45, 7) is 7.70. The Morgan fingerprint density at radius 2 is 2.05 bits per heavy atom. The molecular weight excluding hydrogens is 266 g/mol. The van der Waals surface area contributed by atoms with E-state index in [0.717, 1.165) is 44.1 Å². The van der Waals surface area contributed by atoms with Crippen LogP contribution in [0.3, 0.4) is 0 Å². The van der Waals surface area contributed by atoms with E-state index in [1.807, 2.05) is 24.3 Å². The van der Waals surface area contributed by atoms with E-state index in [9.17, 15) is 0 Å². The maximum Gasteiger partial charge on any atom is 0.161 e. The summed E-state index contributed by atoms with van der Waals surface area (Å²) in [6, 6.07) is 8.28. The van der Waals surface area contributed by atoms with Gasteiger partial charge in [0.15, 0.2) is 11.5 Å². The molecule has 1 saturated heterocycles. The summed E-state index contributed by atoms with van der Waals surface area (Å²) in [5, 5.41) is 3.54. The van der Waals surface area contributed by atoms with Gasteiger partial charge in [-0.3, -0.25) is 0 Å². The van der Waals surface area contributed by atoms with Crippen molar-refractivity contribution < 1.29 is 14.2 Å². The van der Waals surface area contributed by atoms with E-state index >= 15 is 0 Å². The lowest BCUT2D eigenvalue weighted by Crippen LogP contribution is -2.39. The monoisotopic (exact) mass is 293 g/mol. The second kappa shape index (κ2) is 7.66. The predicted octanol–water partition coefficient (Wildman–Crippen LogP) is 2.87. The van der Waals surface area contributed by atoms with Gasteiger partial charge in [-0.1, -0.05) is 26.0 Å². The Morgan fingerprint density at radius 3 is 2.67 bits per heavy atom. The summed E-state index contributed by atoms with van der Waals surface area (Å²) < 4.78 is 16.8. The number of nitrogens with one attached hydrogen (secondary N) is 1. The van der Waals surface area contributed by atoms with Gasteiger partial charge >= 0.3 is 0 Å². The van der Waals surface area contributed by atoms with E-state index in [1.54, 1.807) is 7.11 Å². The van der Waals surface area contributed by atoms with Crippen LogP contribution in [0.25, 0.3) is 0 Å². The normalized spacial score (nSPS) is 21.7. The summed E-state index contributed by atoms with van der Waals surface area (Å²) in [7, 11) is 1.67. The highest BCUT2D eigenvalue weighted by atomic mass is 16.5. The first kappa shape index (κ1) is 16.1. The van der Waals surface area contributed by atoms with Gasteiger partial charge in [-0.15, -0.1) is 0 Å². The molecular formula is C17H27NO3. The van der Waals surface area contributed by atoms with Gasteiger partial charge in [0.1, 0.15) is 0 Å². The number of hydrogen-bond donors (Lipinski definition) is 1. The van der Waals surface area contributed by atoms with Crippen LogP contribution in [0.1, 0.15) is 26.7 Å². The molecule has 1 atom stereocenters. The Kier molecular flexibility index (Phi) is 5.88. The standard InChI is InChI=1S/C17H27NO3/c1-14(2)18-12-17(8-10-20-13-17)9-11-21-16-7-5-4-6-15(16)19-3/h4-7,14,18H,8-13H2,1-3H3. The highest BCUT2D eigenvalue weighted by Crippen LogP contribution is 2.33. The van der Waals surface area contributed by atoms with Gasteiger partial charge in [0.25, 0.3) is 0 Å². The van der Waals surface area contributed by atoms with E-state index in [1.165, 1.54) is 0 Å². The van der Waals surface area contributed by atoms with Crippen molar-refractivity contribution in [2.75, 3.05) is 33.5 Å². The van der Waals surface area contributed by atoms with Crippen molar-refractivity contribution in [3.63, 3.8) is 0 Å². The van der Waals surface area contributed by atoms with Gasteiger partial charge in [0.2, 0.25) is 0 Å². The third-order valence-corrected chi connectivity index (χ3v) is 4.03. The van der Waals surface area contributed by atoms with Crippen molar-refractivity contribution in [2.24, 2.45) is 5.41 Å². The molecule has 1 aromatic carbocycles. The molecule has 0 radical (unpaired) electrons. The molecule has 1 aromatic rings. The van der Waals surface area contributed by atoms with E-state index in [-0.39, 0.29) is 5.41 Å². The molecule has 0 spiro atoms. The Balaban J connectivity index is 1.87. The average molecular weight is 293 g/mol. The number of ether oxygens (including phenoxy) is 3. The summed E-state index contributed by atoms with van der Waals surface area (Å²) in [5.41, 5.74) is 0.201. The van der Waals surface area contributed by atoms with Crippen LogP contribution in [-0.2, 0) is 4.74 Å². The third-order valence-electron chi connectivity index (χ3n) is 4.03.